The number of carbonyl (C=O) groups excluding carboxylic acids is 1. The Labute approximate surface area is 139 Å². The van der Waals surface area contributed by atoms with Gasteiger partial charge >= 0.3 is 0 Å². The van der Waals surface area contributed by atoms with Gasteiger partial charge in [-0.15, -0.1) is 0 Å². The molecule has 0 aromatic heterocycles. The van der Waals surface area contributed by atoms with E-state index in [0.29, 0.717) is 23.0 Å². The number of aliphatic imine (C=N–C) groups is 1. The van der Waals surface area contributed by atoms with E-state index in [2.05, 4.69) is 10.3 Å². The number of rotatable bonds is 3. The molecule has 6 nitrogen and oxygen atoms in total. The highest BCUT2D eigenvalue weighted by molar-refractivity contribution is 6.16. The molecule has 2 aromatic rings. The Morgan fingerprint density at radius 1 is 1.08 bits per heavy atom. The summed E-state index contributed by atoms with van der Waals surface area (Å²) in [5, 5.41) is 3.20. The summed E-state index contributed by atoms with van der Waals surface area (Å²) in [6, 6.07) is 12.3. The zero-order valence-corrected chi connectivity index (χ0v) is 13.3. The first-order valence-corrected chi connectivity index (χ1v) is 7.57. The third-order valence-electron chi connectivity index (χ3n) is 4.17. The molecule has 0 saturated carbocycles. The first-order valence-electron chi connectivity index (χ1n) is 7.57. The highest BCUT2D eigenvalue weighted by Crippen LogP contribution is 2.39. The zero-order chi connectivity index (χ0) is 16.7. The van der Waals surface area contributed by atoms with E-state index in [4.69, 9.17) is 14.2 Å². The average molecular weight is 324 g/mol. The third kappa shape index (κ3) is 2.19. The normalized spacial score (nSPS) is 21.1. The summed E-state index contributed by atoms with van der Waals surface area (Å²) in [5.74, 6) is 1.49. The number of methoxy groups -OCH3 is 2. The Kier molecular flexibility index (Phi) is 3.37. The quantitative estimate of drug-likeness (QED) is 0.940. The van der Waals surface area contributed by atoms with E-state index in [1.54, 1.807) is 32.4 Å². The Balaban J connectivity index is 1.68. The van der Waals surface area contributed by atoms with Crippen molar-refractivity contribution in [3.8, 4) is 11.5 Å². The number of benzene rings is 2. The predicted molar refractivity (Wildman–Crippen MR) is 89.3 cm³/mol. The van der Waals surface area contributed by atoms with Crippen LogP contribution in [0.3, 0.4) is 0 Å². The van der Waals surface area contributed by atoms with Crippen molar-refractivity contribution < 1.29 is 19.0 Å². The van der Waals surface area contributed by atoms with Crippen LogP contribution in [0.5, 0.6) is 11.5 Å². The van der Waals surface area contributed by atoms with Crippen LogP contribution in [0, 0.1) is 0 Å². The lowest BCUT2D eigenvalue weighted by molar-refractivity contribution is -0.122. The number of hydrogen-bond donors (Lipinski definition) is 1. The monoisotopic (exact) mass is 324 g/mol. The molecule has 0 amide bonds. The maximum atomic E-state index is 12.8. The van der Waals surface area contributed by atoms with Gasteiger partial charge in [0.25, 0.3) is 0 Å². The van der Waals surface area contributed by atoms with E-state index in [1.807, 2.05) is 24.3 Å². The van der Waals surface area contributed by atoms with Gasteiger partial charge in [-0.1, -0.05) is 18.2 Å². The first-order chi connectivity index (χ1) is 11.7. The van der Waals surface area contributed by atoms with Crippen LogP contribution in [-0.2, 0) is 9.53 Å². The Hall–Kier alpha value is -3.02. The molecule has 4 rings (SSSR count). The smallest absolute Gasteiger partial charge is 0.220 e. The lowest BCUT2D eigenvalue weighted by Crippen LogP contribution is -2.33. The van der Waals surface area contributed by atoms with Gasteiger partial charge < -0.3 is 19.5 Å². The molecule has 1 saturated heterocycles. The molecule has 0 spiro atoms. The van der Waals surface area contributed by atoms with Crippen molar-refractivity contribution in [2.24, 2.45) is 4.99 Å². The first kappa shape index (κ1) is 14.6. The number of para-hydroxylation sites is 2. The van der Waals surface area contributed by atoms with E-state index in [0.717, 1.165) is 11.4 Å². The topological polar surface area (TPSA) is 69.2 Å². The van der Waals surface area contributed by atoms with Crippen LogP contribution in [0.4, 0.5) is 11.4 Å². The van der Waals surface area contributed by atoms with Crippen LogP contribution >= 0.6 is 0 Å². The molecule has 2 aliphatic rings. The molecule has 1 fully saturated rings. The Morgan fingerprint density at radius 3 is 2.67 bits per heavy atom. The fourth-order valence-electron chi connectivity index (χ4n) is 2.96. The van der Waals surface area contributed by atoms with Crippen molar-refractivity contribution in [2.75, 3.05) is 19.5 Å². The number of carbonyl (C=O) groups is 1. The number of nitrogens with one attached hydrogen (secondary N) is 1. The molecule has 2 aliphatic heterocycles. The number of ether oxygens (including phenoxy) is 3. The maximum absolute atomic E-state index is 12.8. The second-order valence-electron chi connectivity index (χ2n) is 5.56. The fraction of sp³-hybridized carbons (Fsp3) is 0.222. The van der Waals surface area contributed by atoms with Crippen LogP contribution < -0.4 is 14.8 Å². The SMILES string of the molecule is COc1ccc([C@H]2OC3=Nc4ccccc4N[C@@H]3C2=O)cc1OC. The van der Waals surface area contributed by atoms with E-state index < -0.39 is 12.1 Å². The standard InChI is InChI=1S/C18H16N2O4/c1-22-13-8-7-10(9-14(13)23-2)17-16(21)15-18(24-17)20-12-6-4-3-5-11(12)19-15/h3-9,15,17,19H,1-2H3/t15-,17-/m1/s1. The summed E-state index contributed by atoms with van der Waals surface area (Å²) in [5.41, 5.74) is 2.31. The molecule has 2 aromatic carbocycles. The molecule has 0 aliphatic carbocycles. The number of hydrogen-bond acceptors (Lipinski definition) is 6. The van der Waals surface area contributed by atoms with Crippen molar-refractivity contribution in [1.29, 1.82) is 0 Å². The van der Waals surface area contributed by atoms with E-state index in [-0.39, 0.29) is 5.78 Å². The molecule has 2 heterocycles. The molecular weight excluding hydrogens is 308 g/mol. The number of Topliss-reactive ketones (excluding diaryl/α,β-unsaturated/α-hetero) is 1. The third-order valence-corrected chi connectivity index (χ3v) is 4.17. The minimum Gasteiger partial charge on any atom is -0.493 e. The lowest BCUT2D eigenvalue weighted by Gasteiger charge is -2.18. The van der Waals surface area contributed by atoms with Crippen molar-refractivity contribution in [3.05, 3.63) is 48.0 Å². The van der Waals surface area contributed by atoms with Gasteiger partial charge in [0.15, 0.2) is 23.6 Å². The number of nitrogens with zero attached hydrogens (tertiary/aromatic N) is 1. The van der Waals surface area contributed by atoms with Crippen LogP contribution in [0.2, 0.25) is 0 Å². The second kappa shape index (κ2) is 5.56. The van der Waals surface area contributed by atoms with E-state index >= 15 is 0 Å². The summed E-state index contributed by atoms with van der Waals surface area (Å²) in [6.45, 7) is 0. The van der Waals surface area contributed by atoms with Gasteiger partial charge in [0.1, 0.15) is 0 Å². The predicted octanol–water partition coefficient (Wildman–Crippen LogP) is 2.87. The van der Waals surface area contributed by atoms with Crippen LogP contribution in [0.15, 0.2) is 47.5 Å². The Bertz CT molecular complexity index is 847. The largest absolute Gasteiger partial charge is 0.493 e. The van der Waals surface area contributed by atoms with Gasteiger partial charge in [0, 0.05) is 5.56 Å². The summed E-state index contributed by atoms with van der Waals surface area (Å²) < 4.78 is 16.4. The Morgan fingerprint density at radius 2 is 1.88 bits per heavy atom. The van der Waals surface area contributed by atoms with Crippen molar-refractivity contribution in [3.63, 3.8) is 0 Å². The van der Waals surface area contributed by atoms with Crippen molar-refractivity contribution in [2.45, 2.75) is 12.1 Å². The number of ketones is 1. The van der Waals surface area contributed by atoms with Crippen molar-refractivity contribution in [1.82, 2.24) is 0 Å². The van der Waals surface area contributed by atoms with Gasteiger partial charge in [0.2, 0.25) is 11.7 Å². The highest BCUT2D eigenvalue weighted by atomic mass is 16.5. The molecule has 2 atom stereocenters. The van der Waals surface area contributed by atoms with Gasteiger partial charge in [-0.05, 0) is 24.3 Å². The number of fused-ring (bicyclic) bond motifs is 2. The molecular formula is C18H16N2O4. The van der Waals surface area contributed by atoms with Crippen molar-refractivity contribution >= 4 is 23.1 Å². The summed E-state index contributed by atoms with van der Waals surface area (Å²) in [6.07, 6.45) is -0.713. The average Bonchev–Trinajstić information content (AvgIpc) is 2.95. The fourth-order valence-corrected chi connectivity index (χ4v) is 2.96. The van der Waals surface area contributed by atoms with Gasteiger partial charge in [-0.2, -0.15) is 0 Å². The molecule has 0 radical (unpaired) electrons. The highest BCUT2D eigenvalue weighted by Gasteiger charge is 2.44. The van der Waals surface area contributed by atoms with Gasteiger partial charge in [-0.3, -0.25) is 4.79 Å². The molecule has 0 unspecified atom stereocenters. The van der Waals surface area contributed by atoms with Crippen LogP contribution in [0.25, 0.3) is 0 Å². The molecule has 24 heavy (non-hydrogen) atoms. The molecule has 122 valence electrons. The number of anilines is 1. The van der Waals surface area contributed by atoms with E-state index in [9.17, 15) is 4.79 Å². The minimum absolute atomic E-state index is 0.0736. The maximum Gasteiger partial charge on any atom is 0.220 e. The zero-order valence-electron chi connectivity index (χ0n) is 13.3. The summed E-state index contributed by atoms with van der Waals surface area (Å²) >= 11 is 0. The lowest BCUT2D eigenvalue weighted by atomic mass is 10.0. The van der Waals surface area contributed by atoms with E-state index in [1.165, 1.54) is 0 Å². The molecule has 0 bridgehead atoms. The minimum atomic E-state index is -0.713. The van der Waals surface area contributed by atoms with Gasteiger partial charge in [-0.25, -0.2) is 4.99 Å². The van der Waals surface area contributed by atoms with Crippen LogP contribution in [0.1, 0.15) is 11.7 Å². The molecule has 1 N–H and O–H groups in total. The molecule has 6 heteroatoms. The summed E-state index contributed by atoms with van der Waals surface area (Å²) in [7, 11) is 3.13. The second-order valence-corrected chi connectivity index (χ2v) is 5.56. The van der Waals surface area contributed by atoms with Crippen LogP contribution in [-0.4, -0.2) is 31.9 Å². The summed E-state index contributed by atoms with van der Waals surface area (Å²) in [4.78, 5) is 17.2. The van der Waals surface area contributed by atoms with Gasteiger partial charge in [0.05, 0.1) is 25.6 Å².